The van der Waals surface area contributed by atoms with E-state index < -0.39 is 0 Å². The van der Waals surface area contributed by atoms with Crippen LogP contribution in [0.5, 0.6) is 0 Å². The maximum atomic E-state index is 9.95. The van der Waals surface area contributed by atoms with Gasteiger partial charge in [-0.15, -0.1) is 11.3 Å². The predicted octanol–water partition coefficient (Wildman–Crippen LogP) is 2.15. The van der Waals surface area contributed by atoms with Gasteiger partial charge in [-0.2, -0.15) is 0 Å². The van der Waals surface area contributed by atoms with Gasteiger partial charge < -0.3 is 14.7 Å². The monoisotopic (exact) mass is 376 g/mol. The lowest BCUT2D eigenvalue weighted by atomic mass is 9.96. The molecule has 0 radical (unpaired) electrons. The lowest BCUT2D eigenvalue weighted by Crippen LogP contribution is -2.48. The van der Waals surface area contributed by atoms with E-state index in [0.717, 1.165) is 48.8 Å². The molecule has 0 saturated carbocycles. The number of aliphatic hydroxyl groups excluding tert-OH is 1. The number of rotatable bonds is 4. The van der Waals surface area contributed by atoms with E-state index in [1.807, 2.05) is 0 Å². The molecule has 0 unspecified atom stereocenters. The minimum absolute atomic E-state index is 0.230. The Morgan fingerprint density at radius 2 is 1.88 bits per heavy atom. The van der Waals surface area contributed by atoms with Crippen molar-refractivity contribution in [3.8, 4) is 0 Å². The Morgan fingerprint density at radius 1 is 1.15 bits per heavy atom. The second-order valence-corrected chi connectivity index (χ2v) is 9.09. The number of aliphatic hydroxyl groups is 1. The van der Waals surface area contributed by atoms with Crippen LogP contribution in [0.25, 0.3) is 10.2 Å². The Bertz CT molecular complexity index is 757. The first-order chi connectivity index (χ1) is 12.5. The van der Waals surface area contributed by atoms with E-state index in [9.17, 15) is 5.11 Å². The molecule has 0 bridgehead atoms. The van der Waals surface area contributed by atoms with Gasteiger partial charge in [-0.05, 0) is 32.8 Å². The quantitative estimate of drug-likeness (QED) is 0.882. The van der Waals surface area contributed by atoms with Crippen molar-refractivity contribution in [3.63, 3.8) is 0 Å². The zero-order valence-electron chi connectivity index (χ0n) is 15.8. The van der Waals surface area contributed by atoms with Crippen molar-refractivity contribution in [2.45, 2.75) is 33.0 Å². The number of anilines is 1. The molecule has 0 aliphatic carbocycles. The van der Waals surface area contributed by atoms with Crippen LogP contribution in [0.4, 0.5) is 5.82 Å². The molecule has 142 valence electrons. The van der Waals surface area contributed by atoms with Crippen LogP contribution in [0.2, 0.25) is 0 Å². The molecule has 2 aromatic heterocycles. The summed E-state index contributed by atoms with van der Waals surface area (Å²) in [5.74, 6) is 1.75. The highest BCUT2D eigenvalue weighted by molar-refractivity contribution is 7.18. The lowest BCUT2D eigenvalue weighted by molar-refractivity contribution is -0.0725. The molecule has 1 N–H and O–H groups in total. The second kappa shape index (κ2) is 7.38. The number of aryl methyl sites for hydroxylation is 1. The largest absolute Gasteiger partial charge is 0.396 e. The van der Waals surface area contributed by atoms with Crippen molar-refractivity contribution in [1.82, 2.24) is 14.9 Å². The third kappa shape index (κ3) is 3.58. The summed E-state index contributed by atoms with van der Waals surface area (Å²) >= 11 is 1.71. The number of morpholine rings is 1. The van der Waals surface area contributed by atoms with Gasteiger partial charge in [-0.25, -0.2) is 9.97 Å². The molecule has 0 aromatic carbocycles. The van der Waals surface area contributed by atoms with Crippen LogP contribution in [-0.4, -0.2) is 71.5 Å². The molecule has 0 amide bonds. The van der Waals surface area contributed by atoms with Crippen LogP contribution >= 0.6 is 11.3 Å². The fourth-order valence-electron chi connectivity index (χ4n) is 4.51. The van der Waals surface area contributed by atoms with Gasteiger partial charge in [0.15, 0.2) is 0 Å². The lowest BCUT2D eigenvalue weighted by Gasteiger charge is -2.37. The molecule has 6 nitrogen and oxygen atoms in total. The molecule has 2 aliphatic heterocycles. The highest BCUT2D eigenvalue weighted by atomic mass is 32.1. The van der Waals surface area contributed by atoms with Crippen LogP contribution in [0, 0.1) is 18.8 Å². The number of ether oxygens (including phenoxy) is 1. The first-order valence-corrected chi connectivity index (χ1v) is 10.3. The van der Waals surface area contributed by atoms with Crippen LogP contribution in [0.3, 0.4) is 0 Å². The number of nitrogens with zero attached hydrogens (tertiary/aromatic N) is 4. The van der Waals surface area contributed by atoms with Gasteiger partial charge in [0, 0.05) is 50.1 Å². The van der Waals surface area contributed by atoms with E-state index in [4.69, 9.17) is 4.74 Å². The summed E-state index contributed by atoms with van der Waals surface area (Å²) in [7, 11) is 0. The fraction of sp³-hybridized carbons (Fsp3) is 0.684. The molecular weight excluding hydrogens is 348 g/mol. The maximum Gasteiger partial charge on any atom is 0.140 e. The summed E-state index contributed by atoms with van der Waals surface area (Å²) in [5.41, 5.74) is 0. The summed E-state index contributed by atoms with van der Waals surface area (Å²) < 4.78 is 5.86. The van der Waals surface area contributed by atoms with Gasteiger partial charge in [0.1, 0.15) is 17.0 Å². The maximum absolute atomic E-state index is 9.95. The third-order valence-corrected chi connectivity index (χ3v) is 6.49. The first-order valence-electron chi connectivity index (χ1n) is 9.48. The van der Waals surface area contributed by atoms with Crippen molar-refractivity contribution in [2.75, 3.05) is 44.2 Å². The average Bonchev–Trinajstić information content (AvgIpc) is 3.15. The zero-order valence-corrected chi connectivity index (χ0v) is 16.6. The smallest absolute Gasteiger partial charge is 0.140 e. The number of fused-ring (bicyclic) bond motifs is 1. The predicted molar refractivity (Wildman–Crippen MR) is 105 cm³/mol. The normalized spacial score (nSPS) is 30.4. The number of hydrogen-bond acceptors (Lipinski definition) is 7. The molecule has 2 aromatic rings. The molecule has 4 heterocycles. The first kappa shape index (κ1) is 18.1. The van der Waals surface area contributed by atoms with Gasteiger partial charge in [-0.1, -0.05) is 0 Å². The van der Waals surface area contributed by atoms with E-state index in [1.54, 1.807) is 17.7 Å². The Kier molecular flexibility index (Phi) is 5.14. The Balaban J connectivity index is 1.51. The SMILES string of the molecule is Cc1cc2c(N3C[C@@H](CN4C[C@@H](C)O[C@@H](C)C4)[C@@H](CO)C3)ncnc2s1. The number of thiophene rings is 1. The van der Waals surface area contributed by atoms with Crippen molar-refractivity contribution >= 4 is 27.4 Å². The van der Waals surface area contributed by atoms with E-state index in [1.165, 1.54) is 4.88 Å². The van der Waals surface area contributed by atoms with E-state index >= 15 is 0 Å². The highest BCUT2D eigenvalue weighted by Gasteiger charge is 2.36. The summed E-state index contributed by atoms with van der Waals surface area (Å²) in [5, 5.41) is 11.1. The molecule has 4 rings (SSSR count). The standard InChI is InChI=1S/C19H28N4O2S/c1-12-5-22(6-13(2)25-12)7-15-8-23(9-16(15)10-24)18-17-4-14(3)26-19(17)21-11-20-18/h4,11-13,15-16,24H,5-10H2,1-3H3/t12-,13+,15-,16-/m1/s1. The molecule has 2 aliphatic rings. The fourth-order valence-corrected chi connectivity index (χ4v) is 5.35. The Labute approximate surface area is 158 Å². The third-order valence-electron chi connectivity index (χ3n) is 5.53. The minimum atomic E-state index is 0.230. The molecule has 26 heavy (non-hydrogen) atoms. The van der Waals surface area contributed by atoms with Crippen molar-refractivity contribution in [1.29, 1.82) is 0 Å². The van der Waals surface area contributed by atoms with Gasteiger partial charge in [-0.3, -0.25) is 4.90 Å². The van der Waals surface area contributed by atoms with Gasteiger partial charge in [0.05, 0.1) is 17.6 Å². The molecular formula is C19H28N4O2S. The summed E-state index contributed by atoms with van der Waals surface area (Å²) in [6.45, 7) is 11.4. The Morgan fingerprint density at radius 3 is 2.62 bits per heavy atom. The van der Waals surface area contributed by atoms with Crippen molar-refractivity contribution in [3.05, 3.63) is 17.3 Å². The van der Waals surface area contributed by atoms with E-state index in [0.29, 0.717) is 5.92 Å². The molecule has 2 fully saturated rings. The highest BCUT2D eigenvalue weighted by Crippen LogP contribution is 2.34. The Hall–Kier alpha value is -1.28. The van der Waals surface area contributed by atoms with Crippen LogP contribution in [0.15, 0.2) is 12.4 Å². The van der Waals surface area contributed by atoms with E-state index in [-0.39, 0.29) is 24.7 Å². The summed E-state index contributed by atoms with van der Waals surface area (Å²) in [6, 6.07) is 2.18. The molecule has 7 heteroatoms. The topological polar surface area (TPSA) is 61.7 Å². The van der Waals surface area contributed by atoms with Gasteiger partial charge >= 0.3 is 0 Å². The summed E-state index contributed by atoms with van der Waals surface area (Å²) in [4.78, 5) is 16.1. The van der Waals surface area contributed by atoms with Gasteiger partial charge in [0.25, 0.3) is 0 Å². The summed E-state index contributed by atoms with van der Waals surface area (Å²) in [6.07, 6.45) is 2.22. The molecule has 4 atom stereocenters. The minimum Gasteiger partial charge on any atom is -0.396 e. The zero-order chi connectivity index (χ0) is 18.3. The molecule has 2 saturated heterocycles. The molecule has 0 spiro atoms. The number of hydrogen-bond donors (Lipinski definition) is 1. The van der Waals surface area contributed by atoms with Gasteiger partial charge in [0.2, 0.25) is 0 Å². The van der Waals surface area contributed by atoms with Crippen molar-refractivity contribution < 1.29 is 9.84 Å². The van der Waals surface area contributed by atoms with Crippen LogP contribution in [-0.2, 0) is 4.74 Å². The average molecular weight is 377 g/mol. The van der Waals surface area contributed by atoms with Crippen LogP contribution < -0.4 is 4.90 Å². The second-order valence-electron chi connectivity index (χ2n) is 7.86. The van der Waals surface area contributed by atoms with Crippen LogP contribution in [0.1, 0.15) is 18.7 Å². The van der Waals surface area contributed by atoms with Crippen molar-refractivity contribution in [2.24, 2.45) is 11.8 Å². The number of aromatic nitrogens is 2. The van der Waals surface area contributed by atoms with E-state index in [2.05, 4.69) is 46.6 Å².